The van der Waals surface area contributed by atoms with E-state index in [9.17, 15) is 14.9 Å². The van der Waals surface area contributed by atoms with Gasteiger partial charge in [-0.05, 0) is 12.0 Å². The highest BCUT2D eigenvalue weighted by atomic mass is 35.5. The molecule has 18 heavy (non-hydrogen) atoms. The molecule has 98 valence electrons. The first-order valence-electron chi connectivity index (χ1n) is 5.58. The third-order valence-electron chi connectivity index (χ3n) is 2.52. The Morgan fingerprint density at radius 2 is 2.00 bits per heavy atom. The van der Waals surface area contributed by atoms with Crippen LogP contribution in [-0.2, 0) is 11.3 Å². The molecule has 0 aliphatic carbocycles. The molecule has 5 nitrogen and oxygen atoms in total. The molecule has 1 aromatic rings. The Labute approximate surface area is 110 Å². The van der Waals surface area contributed by atoms with Crippen molar-refractivity contribution < 1.29 is 9.72 Å². The molecule has 1 aromatic carbocycles. The van der Waals surface area contributed by atoms with E-state index in [0.717, 1.165) is 5.56 Å². The molecule has 0 unspecified atom stereocenters. The maximum Gasteiger partial charge on any atom is 0.269 e. The molecule has 0 atom stereocenters. The summed E-state index contributed by atoms with van der Waals surface area (Å²) in [6, 6.07) is 6.19. The summed E-state index contributed by atoms with van der Waals surface area (Å²) in [7, 11) is 1.71. The molecule has 6 heteroatoms. The molecule has 0 aliphatic heterocycles. The van der Waals surface area contributed by atoms with Gasteiger partial charge in [-0.15, -0.1) is 11.6 Å². The SMILES string of the molecule is CN(Cc1ccc([N+](=O)[O-])cc1)C(=O)CCCCl. The van der Waals surface area contributed by atoms with Gasteiger partial charge in [0.2, 0.25) is 5.91 Å². The number of hydrogen-bond donors (Lipinski definition) is 0. The van der Waals surface area contributed by atoms with E-state index in [1.807, 2.05) is 0 Å². The highest BCUT2D eigenvalue weighted by molar-refractivity contribution is 6.17. The fourth-order valence-corrected chi connectivity index (χ4v) is 1.63. The van der Waals surface area contributed by atoms with Crippen molar-refractivity contribution in [1.29, 1.82) is 0 Å². The quantitative estimate of drug-likeness (QED) is 0.453. The van der Waals surface area contributed by atoms with Crippen LogP contribution in [0.5, 0.6) is 0 Å². The molecular formula is C12H15ClN2O3. The molecular weight excluding hydrogens is 256 g/mol. The second-order valence-electron chi connectivity index (χ2n) is 3.97. The van der Waals surface area contributed by atoms with E-state index in [2.05, 4.69) is 0 Å². The van der Waals surface area contributed by atoms with Crippen molar-refractivity contribution in [3.05, 3.63) is 39.9 Å². The first-order valence-corrected chi connectivity index (χ1v) is 6.11. The lowest BCUT2D eigenvalue weighted by Gasteiger charge is -2.16. The first kappa shape index (κ1) is 14.4. The van der Waals surface area contributed by atoms with Crippen LogP contribution in [0.15, 0.2) is 24.3 Å². The van der Waals surface area contributed by atoms with Crippen LogP contribution >= 0.6 is 11.6 Å². The molecule has 0 saturated carbocycles. The Balaban J connectivity index is 2.56. The molecule has 0 fully saturated rings. The van der Waals surface area contributed by atoms with Gasteiger partial charge in [0.05, 0.1) is 4.92 Å². The van der Waals surface area contributed by atoms with E-state index in [-0.39, 0.29) is 11.6 Å². The van der Waals surface area contributed by atoms with Crippen LogP contribution in [0.3, 0.4) is 0 Å². The summed E-state index contributed by atoms with van der Waals surface area (Å²) in [5, 5.41) is 10.5. The molecule has 1 rings (SSSR count). The molecule has 0 radical (unpaired) electrons. The zero-order chi connectivity index (χ0) is 13.5. The molecule has 0 bridgehead atoms. The zero-order valence-corrected chi connectivity index (χ0v) is 10.9. The Morgan fingerprint density at radius 3 is 2.50 bits per heavy atom. The van der Waals surface area contributed by atoms with E-state index in [0.29, 0.717) is 25.3 Å². The van der Waals surface area contributed by atoms with Gasteiger partial charge >= 0.3 is 0 Å². The van der Waals surface area contributed by atoms with Gasteiger partial charge < -0.3 is 4.90 Å². The van der Waals surface area contributed by atoms with Crippen LogP contribution < -0.4 is 0 Å². The molecule has 0 N–H and O–H groups in total. The Morgan fingerprint density at radius 1 is 1.39 bits per heavy atom. The van der Waals surface area contributed by atoms with E-state index >= 15 is 0 Å². The second kappa shape index (κ2) is 6.96. The van der Waals surface area contributed by atoms with Gasteiger partial charge in [0.25, 0.3) is 5.69 Å². The summed E-state index contributed by atoms with van der Waals surface area (Å²) in [6.45, 7) is 0.444. The topological polar surface area (TPSA) is 63.4 Å². The number of carbonyl (C=O) groups is 1. The monoisotopic (exact) mass is 270 g/mol. The van der Waals surface area contributed by atoms with Gasteiger partial charge in [0, 0.05) is 38.0 Å². The van der Waals surface area contributed by atoms with Crippen LogP contribution in [0.1, 0.15) is 18.4 Å². The first-order chi connectivity index (χ1) is 8.54. The number of nitro benzene ring substituents is 1. The standard InChI is InChI=1S/C12H15ClN2O3/c1-14(12(16)3-2-8-13)9-10-4-6-11(7-5-10)15(17)18/h4-7H,2-3,8-9H2,1H3. The summed E-state index contributed by atoms with van der Waals surface area (Å²) in [4.78, 5) is 23.3. The van der Waals surface area contributed by atoms with Crippen molar-refractivity contribution in [1.82, 2.24) is 4.90 Å². The van der Waals surface area contributed by atoms with Crippen LogP contribution in [0.4, 0.5) is 5.69 Å². The number of rotatable bonds is 6. The number of alkyl halides is 1. The number of amides is 1. The fraction of sp³-hybridized carbons (Fsp3) is 0.417. The lowest BCUT2D eigenvalue weighted by atomic mass is 10.2. The van der Waals surface area contributed by atoms with Crippen LogP contribution in [0, 0.1) is 10.1 Å². The largest absolute Gasteiger partial charge is 0.341 e. The number of hydrogen-bond acceptors (Lipinski definition) is 3. The number of benzene rings is 1. The minimum absolute atomic E-state index is 0.0222. The summed E-state index contributed by atoms with van der Waals surface area (Å²) in [6.07, 6.45) is 1.08. The van der Waals surface area contributed by atoms with E-state index in [1.54, 1.807) is 24.1 Å². The zero-order valence-electron chi connectivity index (χ0n) is 10.1. The van der Waals surface area contributed by atoms with Crippen LogP contribution in [-0.4, -0.2) is 28.7 Å². The summed E-state index contributed by atoms with van der Waals surface area (Å²) >= 11 is 5.52. The maximum absolute atomic E-state index is 11.6. The lowest BCUT2D eigenvalue weighted by molar-refractivity contribution is -0.384. The number of nitro groups is 1. The van der Waals surface area contributed by atoms with E-state index in [4.69, 9.17) is 11.6 Å². The summed E-state index contributed by atoms with van der Waals surface area (Å²) in [5.74, 6) is 0.492. The van der Waals surface area contributed by atoms with Gasteiger partial charge in [0.1, 0.15) is 0 Å². The molecule has 0 heterocycles. The minimum Gasteiger partial charge on any atom is -0.341 e. The predicted octanol–water partition coefficient (Wildman–Crippen LogP) is 2.57. The third kappa shape index (κ3) is 4.33. The van der Waals surface area contributed by atoms with Crippen molar-refractivity contribution in [2.75, 3.05) is 12.9 Å². The molecule has 0 aliphatic rings. The van der Waals surface area contributed by atoms with Gasteiger partial charge in [0.15, 0.2) is 0 Å². The maximum atomic E-state index is 11.6. The number of carbonyl (C=O) groups excluding carboxylic acids is 1. The average Bonchev–Trinajstić information content (AvgIpc) is 2.36. The minimum atomic E-state index is -0.445. The van der Waals surface area contributed by atoms with Crippen molar-refractivity contribution in [2.45, 2.75) is 19.4 Å². The lowest BCUT2D eigenvalue weighted by Crippen LogP contribution is -2.25. The molecule has 0 aromatic heterocycles. The Kier molecular flexibility index (Phi) is 5.58. The number of halogens is 1. The van der Waals surface area contributed by atoms with Gasteiger partial charge in [-0.2, -0.15) is 0 Å². The van der Waals surface area contributed by atoms with Gasteiger partial charge in [-0.3, -0.25) is 14.9 Å². The normalized spacial score (nSPS) is 10.1. The third-order valence-corrected chi connectivity index (χ3v) is 2.78. The Hall–Kier alpha value is -1.62. The highest BCUT2D eigenvalue weighted by Crippen LogP contribution is 2.13. The number of nitrogens with zero attached hydrogens (tertiary/aromatic N) is 2. The van der Waals surface area contributed by atoms with Crippen molar-refractivity contribution in [3.8, 4) is 0 Å². The number of non-ortho nitro benzene ring substituents is 1. The van der Waals surface area contributed by atoms with Crippen molar-refractivity contribution in [2.24, 2.45) is 0 Å². The highest BCUT2D eigenvalue weighted by Gasteiger charge is 2.10. The smallest absolute Gasteiger partial charge is 0.269 e. The Bertz CT molecular complexity index is 420. The van der Waals surface area contributed by atoms with Gasteiger partial charge in [-0.25, -0.2) is 0 Å². The average molecular weight is 271 g/mol. The molecule has 1 amide bonds. The van der Waals surface area contributed by atoms with Crippen LogP contribution in [0.25, 0.3) is 0 Å². The summed E-state index contributed by atoms with van der Waals surface area (Å²) in [5.41, 5.74) is 0.914. The predicted molar refractivity (Wildman–Crippen MR) is 69.5 cm³/mol. The van der Waals surface area contributed by atoms with E-state index < -0.39 is 4.92 Å². The molecule has 0 saturated heterocycles. The van der Waals surface area contributed by atoms with Gasteiger partial charge in [-0.1, -0.05) is 12.1 Å². The fourth-order valence-electron chi connectivity index (χ4n) is 1.49. The molecule has 0 spiro atoms. The van der Waals surface area contributed by atoms with E-state index in [1.165, 1.54) is 12.1 Å². The van der Waals surface area contributed by atoms with Crippen molar-refractivity contribution in [3.63, 3.8) is 0 Å². The van der Waals surface area contributed by atoms with Crippen molar-refractivity contribution >= 4 is 23.2 Å². The van der Waals surface area contributed by atoms with Crippen LogP contribution in [0.2, 0.25) is 0 Å². The second-order valence-corrected chi connectivity index (χ2v) is 4.34. The summed E-state index contributed by atoms with van der Waals surface area (Å²) < 4.78 is 0.